The minimum Gasteiger partial charge on any atom is -0.184 e. The molecular formula is C8H12F5S. The molecule has 0 fully saturated rings. The highest BCUT2D eigenvalue weighted by molar-refractivity contribution is 8.00. The van der Waals surface area contributed by atoms with E-state index >= 15 is 0 Å². The van der Waals surface area contributed by atoms with Crippen LogP contribution in [0.3, 0.4) is 0 Å². The van der Waals surface area contributed by atoms with E-state index in [1.807, 2.05) is 0 Å². The van der Waals surface area contributed by atoms with Crippen LogP contribution < -0.4 is 0 Å². The Morgan fingerprint density at radius 1 is 0.929 bits per heavy atom. The van der Waals surface area contributed by atoms with Crippen LogP contribution in [0, 0.1) is 6.92 Å². The van der Waals surface area contributed by atoms with Crippen molar-refractivity contribution in [2.45, 2.75) is 37.1 Å². The summed E-state index contributed by atoms with van der Waals surface area (Å²) in [5.74, 6) is -0.174. The van der Waals surface area contributed by atoms with E-state index in [1.54, 1.807) is 0 Å². The maximum Gasteiger partial charge on any atom is 0.464 e. The molecule has 0 saturated carbocycles. The van der Waals surface area contributed by atoms with E-state index in [0.717, 1.165) is 6.42 Å². The lowest BCUT2D eigenvalue weighted by molar-refractivity contribution is -0.237. The highest BCUT2D eigenvalue weighted by atomic mass is 32.2. The monoisotopic (exact) mass is 235 g/mol. The Labute approximate surface area is 84.2 Å². The Hall–Kier alpha value is -0.0000000000000000555. The minimum absolute atomic E-state index is 0.174. The summed E-state index contributed by atoms with van der Waals surface area (Å²) < 4.78 is 59.4. The van der Waals surface area contributed by atoms with Crippen molar-refractivity contribution >= 4 is 11.8 Å². The molecule has 0 aliphatic heterocycles. The zero-order valence-electron chi connectivity index (χ0n) is 7.54. The molecule has 85 valence electrons. The van der Waals surface area contributed by atoms with Crippen molar-refractivity contribution in [3.05, 3.63) is 6.92 Å². The molecule has 14 heavy (non-hydrogen) atoms. The smallest absolute Gasteiger partial charge is 0.184 e. The first-order chi connectivity index (χ1) is 6.31. The summed E-state index contributed by atoms with van der Waals surface area (Å²) in [5.41, 5.74) is 0. The zero-order valence-corrected chi connectivity index (χ0v) is 8.36. The van der Waals surface area contributed by atoms with Crippen LogP contribution in [0.2, 0.25) is 0 Å². The molecular weight excluding hydrogens is 223 g/mol. The number of rotatable bonds is 6. The van der Waals surface area contributed by atoms with E-state index in [1.165, 1.54) is 0 Å². The molecule has 0 spiro atoms. The van der Waals surface area contributed by atoms with Crippen molar-refractivity contribution in [2.75, 3.05) is 5.75 Å². The van der Waals surface area contributed by atoms with Crippen LogP contribution in [0.25, 0.3) is 0 Å². The molecule has 6 heteroatoms. The van der Waals surface area contributed by atoms with Crippen LogP contribution >= 0.6 is 11.8 Å². The maximum absolute atomic E-state index is 12.3. The molecule has 0 aliphatic rings. The Morgan fingerprint density at radius 3 is 1.93 bits per heavy atom. The van der Waals surface area contributed by atoms with Crippen molar-refractivity contribution in [3.63, 3.8) is 0 Å². The third-order valence-electron chi connectivity index (χ3n) is 1.51. The van der Waals surface area contributed by atoms with Crippen molar-refractivity contribution in [3.8, 4) is 0 Å². The molecule has 0 rings (SSSR count). The van der Waals surface area contributed by atoms with Crippen molar-refractivity contribution < 1.29 is 22.0 Å². The van der Waals surface area contributed by atoms with E-state index in [2.05, 4.69) is 6.92 Å². The molecule has 0 nitrogen and oxygen atoms in total. The number of unbranched alkanes of at least 4 members (excludes halogenated alkanes) is 3. The van der Waals surface area contributed by atoms with Gasteiger partial charge in [0.05, 0.1) is 0 Å². The molecule has 0 bridgehead atoms. The molecule has 0 atom stereocenters. The van der Waals surface area contributed by atoms with Gasteiger partial charge < -0.3 is 0 Å². The fourth-order valence-corrected chi connectivity index (χ4v) is 1.51. The van der Waals surface area contributed by atoms with E-state index in [4.69, 9.17) is 0 Å². The largest absolute Gasteiger partial charge is 0.464 e. The molecule has 0 aromatic heterocycles. The lowest BCUT2D eigenvalue weighted by atomic mass is 10.2. The topological polar surface area (TPSA) is 0 Å². The van der Waals surface area contributed by atoms with Gasteiger partial charge in [0.15, 0.2) is 0 Å². The Kier molecular flexibility index (Phi) is 5.78. The van der Waals surface area contributed by atoms with Crippen molar-refractivity contribution in [1.82, 2.24) is 0 Å². The van der Waals surface area contributed by atoms with E-state index in [9.17, 15) is 22.0 Å². The van der Waals surface area contributed by atoms with Gasteiger partial charge in [-0.1, -0.05) is 37.9 Å². The number of halogens is 5. The summed E-state index contributed by atoms with van der Waals surface area (Å²) in [7, 11) is 0. The first-order valence-electron chi connectivity index (χ1n) is 4.19. The van der Waals surface area contributed by atoms with Gasteiger partial charge in [0.1, 0.15) is 0 Å². The number of hydrogen-bond acceptors (Lipinski definition) is 1. The SMILES string of the molecule is [CH2]CCCCCSC(F)(F)C(F)(F)F. The van der Waals surface area contributed by atoms with Crippen LogP contribution in [0.4, 0.5) is 22.0 Å². The highest BCUT2D eigenvalue weighted by Gasteiger charge is 2.57. The van der Waals surface area contributed by atoms with Gasteiger partial charge in [-0.25, -0.2) is 0 Å². The summed E-state index contributed by atoms with van der Waals surface area (Å²) in [6.07, 6.45) is -2.99. The molecule has 0 unspecified atom stereocenters. The van der Waals surface area contributed by atoms with E-state index in [0.29, 0.717) is 19.3 Å². The molecule has 0 aromatic carbocycles. The normalized spacial score (nSPS) is 13.3. The molecule has 0 aromatic rings. The quantitative estimate of drug-likeness (QED) is 0.489. The average molecular weight is 235 g/mol. The fraction of sp³-hybridized carbons (Fsp3) is 0.875. The minimum atomic E-state index is -5.44. The van der Waals surface area contributed by atoms with Gasteiger partial charge in [-0.2, -0.15) is 22.0 Å². The van der Waals surface area contributed by atoms with Crippen molar-refractivity contribution in [2.24, 2.45) is 0 Å². The van der Waals surface area contributed by atoms with Crippen LogP contribution in [-0.2, 0) is 0 Å². The predicted octanol–water partition coefficient (Wildman–Crippen LogP) is 4.27. The summed E-state index contributed by atoms with van der Waals surface area (Å²) in [6, 6.07) is 0. The molecule has 0 aliphatic carbocycles. The first kappa shape index (κ1) is 14.0. The Morgan fingerprint density at radius 2 is 1.50 bits per heavy atom. The number of hydrogen-bond donors (Lipinski definition) is 0. The average Bonchev–Trinajstić information content (AvgIpc) is 2.02. The van der Waals surface area contributed by atoms with Gasteiger partial charge in [0.25, 0.3) is 0 Å². The summed E-state index contributed by atoms with van der Waals surface area (Å²) in [4.78, 5) is 0. The van der Waals surface area contributed by atoms with Gasteiger partial charge in [0.2, 0.25) is 0 Å². The first-order valence-corrected chi connectivity index (χ1v) is 5.17. The Bertz CT molecular complexity index is 154. The summed E-state index contributed by atoms with van der Waals surface area (Å²) in [6.45, 7) is 3.54. The second-order valence-electron chi connectivity index (χ2n) is 2.78. The zero-order chi connectivity index (χ0) is 11.2. The van der Waals surface area contributed by atoms with Gasteiger partial charge in [-0.05, 0) is 12.2 Å². The van der Waals surface area contributed by atoms with Gasteiger partial charge >= 0.3 is 11.4 Å². The highest BCUT2D eigenvalue weighted by Crippen LogP contribution is 2.44. The summed E-state index contributed by atoms with van der Waals surface area (Å²) >= 11 is -0.343. The maximum atomic E-state index is 12.3. The second kappa shape index (κ2) is 5.78. The lowest BCUT2D eigenvalue weighted by Crippen LogP contribution is -2.33. The third-order valence-corrected chi connectivity index (χ3v) is 2.59. The molecule has 0 N–H and O–H groups in total. The van der Waals surface area contributed by atoms with Crippen LogP contribution in [0.1, 0.15) is 25.7 Å². The number of alkyl halides is 5. The molecule has 0 heterocycles. The van der Waals surface area contributed by atoms with Gasteiger partial charge in [0, 0.05) is 0 Å². The molecule has 1 radical (unpaired) electrons. The third kappa shape index (κ3) is 5.02. The fourth-order valence-electron chi connectivity index (χ4n) is 0.738. The lowest BCUT2D eigenvalue weighted by Gasteiger charge is -2.18. The van der Waals surface area contributed by atoms with Gasteiger partial charge in [-0.3, -0.25) is 0 Å². The molecule has 0 amide bonds. The standard InChI is InChI=1S/C8H12F5S/c1-2-3-4-5-6-14-8(12,13)7(9,10)11/h1-6H2. The predicted molar refractivity (Wildman–Crippen MR) is 47.3 cm³/mol. The summed E-state index contributed by atoms with van der Waals surface area (Å²) in [5, 5.41) is -4.61. The van der Waals surface area contributed by atoms with E-state index in [-0.39, 0.29) is 17.5 Å². The van der Waals surface area contributed by atoms with Gasteiger partial charge in [-0.15, -0.1) is 0 Å². The Balaban J connectivity index is 3.67. The van der Waals surface area contributed by atoms with Crippen LogP contribution in [0.15, 0.2) is 0 Å². The number of thioether (sulfide) groups is 1. The van der Waals surface area contributed by atoms with Crippen LogP contribution in [0.5, 0.6) is 0 Å². The molecule has 0 saturated heterocycles. The van der Waals surface area contributed by atoms with E-state index < -0.39 is 11.4 Å². The van der Waals surface area contributed by atoms with Crippen LogP contribution in [-0.4, -0.2) is 17.2 Å². The second-order valence-corrected chi connectivity index (χ2v) is 3.99. The van der Waals surface area contributed by atoms with Crippen molar-refractivity contribution in [1.29, 1.82) is 0 Å².